The zero-order valence-corrected chi connectivity index (χ0v) is 10.4. The highest BCUT2D eigenvalue weighted by atomic mass is 16.5. The molecule has 6 nitrogen and oxygen atoms in total. The number of rotatable bonds is 3. The number of anilines is 1. The Morgan fingerprint density at radius 3 is 2.78 bits per heavy atom. The highest BCUT2D eigenvalue weighted by Gasteiger charge is 2.21. The van der Waals surface area contributed by atoms with Crippen molar-refractivity contribution in [2.24, 2.45) is 5.73 Å². The Kier molecular flexibility index (Phi) is 4.09. The molecule has 1 fully saturated rings. The van der Waals surface area contributed by atoms with Gasteiger partial charge in [0.1, 0.15) is 5.82 Å². The molecule has 0 aromatic carbocycles. The zero-order chi connectivity index (χ0) is 13.0. The Hall–Kier alpha value is -1.69. The second-order valence-corrected chi connectivity index (χ2v) is 4.48. The average molecular weight is 250 g/mol. The minimum absolute atomic E-state index is 0.154. The van der Waals surface area contributed by atoms with Gasteiger partial charge in [-0.25, -0.2) is 14.8 Å². The van der Waals surface area contributed by atoms with Crippen LogP contribution in [0.3, 0.4) is 0 Å². The molecular weight excluding hydrogens is 232 g/mol. The van der Waals surface area contributed by atoms with Gasteiger partial charge in [0, 0.05) is 12.1 Å². The summed E-state index contributed by atoms with van der Waals surface area (Å²) in [7, 11) is 1.32. The molecule has 2 unspecified atom stereocenters. The first-order chi connectivity index (χ1) is 8.70. The predicted molar refractivity (Wildman–Crippen MR) is 67.2 cm³/mol. The van der Waals surface area contributed by atoms with Crippen LogP contribution in [0.25, 0.3) is 0 Å². The van der Waals surface area contributed by atoms with Crippen LogP contribution in [0.4, 0.5) is 5.82 Å². The van der Waals surface area contributed by atoms with E-state index in [-0.39, 0.29) is 17.8 Å². The van der Waals surface area contributed by atoms with Gasteiger partial charge in [-0.3, -0.25) is 0 Å². The number of nitrogens with two attached hydrogens (primary N) is 1. The number of methoxy groups -OCH3 is 1. The van der Waals surface area contributed by atoms with Gasteiger partial charge in [0.15, 0.2) is 5.69 Å². The van der Waals surface area contributed by atoms with Crippen molar-refractivity contribution in [1.82, 2.24) is 9.97 Å². The molecule has 0 bridgehead atoms. The van der Waals surface area contributed by atoms with Crippen molar-refractivity contribution in [3.63, 3.8) is 0 Å². The molecule has 1 heterocycles. The van der Waals surface area contributed by atoms with Gasteiger partial charge in [0.25, 0.3) is 0 Å². The van der Waals surface area contributed by atoms with Crippen molar-refractivity contribution in [1.29, 1.82) is 0 Å². The summed E-state index contributed by atoms with van der Waals surface area (Å²) in [5, 5.41) is 3.26. The van der Waals surface area contributed by atoms with Gasteiger partial charge in [-0.15, -0.1) is 0 Å². The van der Waals surface area contributed by atoms with Crippen LogP contribution >= 0.6 is 0 Å². The number of carbonyl (C=O) groups excluding carboxylic acids is 1. The van der Waals surface area contributed by atoms with Crippen molar-refractivity contribution >= 4 is 11.8 Å². The summed E-state index contributed by atoms with van der Waals surface area (Å²) in [6.07, 6.45) is 7.38. The molecule has 1 aromatic rings. The van der Waals surface area contributed by atoms with Crippen molar-refractivity contribution in [3.05, 3.63) is 18.1 Å². The summed E-state index contributed by atoms with van der Waals surface area (Å²) < 4.78 is 4.56. The van der Waals surface area contributed by atoms with E-state index < -0.39 is 5.97 Å². The van der Waals surface area contributed by atoms with Crippen LogP contribution in [-0.2, 0) is 4.74 Å². The lowest BCUT2D eigenvalue weighted by Gasteiger charge is -2.29. The summed E-state index contributed by atoms with van der Waals surface area (Å²) >= 11 is 0. The molecule has 0 amide bonds. The molecule has 2 rings (SSSR count). The molecule has 1 aliphatic rings. The van der Waals surface area contributed by atoms with Crippen LogP contribution in [0.1, 0.15) is 36.2 Å². The van der Waals surface area contributed by atoms with E-state index in [2.05, 4.69) is 20.0 Å². The lowest BCUT2D eigenvalue weighted by molar-refractivity contribution is 0.0593. The largest absolute Gasteiger partial charge is 0.464 e. The Balaban J connectivity index is 1.99. The highest BCUT2D eigenvalue weighted by molar-refractivity contribution is 5.86. The molecule has 0 radical (unpaired) electrons. The van der Waals surface area contributed by atoms with Crippen molar-refractivity contribution in [2.45, 2.75) is 37.8 Å². The molecule has 1 aromatic heterocycles. The zero-order valence-electron chi connectivity index (χ0n) is 10.4. The first-order valence-corrected chi connectivity index (χ1v) is 6.13. The summed E-state index contributed by atoms with van der Waals surface area (Å²) in [5.74, 6) is 0.161. The van der Waals surface area contributed by atoms with Crippen LogP contribution in [-0.4, -0.2) is 35.1 Å². The molecule has 1 aliphatic carbocycles. The SMILES string of the molecule is COC(=O)c1cnc(NC2CCCCC2N)cn1. The quantitative estimate of drug-likeness (QED) is 0.776. The molecule has 2 atom stereocenters. The number of nitrogens with zero attached hydrogens (tertiary/aromatic N) is 2. The number of aromatic nitrogens is 2. The molecule has 98 valence electrons. The second-order valence-electron chi connectivity index (χ2n) is 4.48. The number of hydrogen-bond acceptors (Lipinski definition) is 6. The van der Waals surface area contributed by atoms with E-state index in [9.17, 15) is 4.79 Å². The topological polar surface area (TPSA) is 90.1 Å². The normalized spacial score (nSPS) is 23.4. The van der Waals surface area contributed by atoms with Crippen LogP contribution in [0, 0.1) is 0 Å². The summed E-state index contributed by atoms with van der Waals surface area (Å²) in [6.45, 7) is 0. The average Bonchev–Trinajstić information content (AvgIpc) is 2.41. The predicted octanol–water partition coefficient (Wildman–Crippen LogP) is 0.945. The van der Waals surface area contributed by atoms with E-state index in [1.54, 1.807) is 0 Å². The smallest absolute Gasteiger partial charge is 0.358 e. The van der Waals surface area contributed by atoms with Gasteiger partial charge < -0.3 is 15.8 Å². The first kappa shape index (κ1) is 12.8. The molecule has 0 saturated heterocycles. The van der Waals surface area contributed by atoms with Crippen LogP contribution < -0.4 is 11.1 Å². The maximum atomic E-state index is 11.2. The third kappa shape index (κ3) is 2.95. The van der Waals surface area contributed by atoms with Gasteiger partial charge in [-0.2, -0.15) is 0 Å². The minimum Gasteiger partial charge on any atom is -0.464 e. The maximum absolute atomic E-state index is 11.2. The van der Waals surface area contributed by atoms with E-state index in [0.29, 0.717) is 5.82 Å². The van der Waals surface area contributed by atoms with E-state index >= 15 is 0 Å². The summed E-state index contributed by atoms with van der Waals surface area (Å²) in [5.41, 5.74) is 6.25. The third-order valence-corrected chi connectivity index (χ3v) is 3.20. The number of ether oxygens (including phenoxy) is 1. The fourth-order valence-corrected chi connectivity index (χ4v) is 2.14. The van der Waals surface area contributed by atoms with Gasteiger partial charge in [0.05, 0.1) is 19.5 Å². The van der Waals surface area contributed by atoms with E-state index in [0.717, 1.165) is 12.8 Å². The standard InChI is InChI=1S/C12H18N4O2/c1-18-12(17)10-6-15-11(7-14-10)16-9-5-3-2-4-8(9)13/h6-9H,2-5,13H2,1H3,(H,15,16). The molecule has 6 heteroatoms. The molecule has 0 spiro atoms. The Labute approximate surface area is 106 Å². The van der Waals surface area contributed by atoms with Crippen molar-refractivity contribution < 1.29 is 9.53 Å². The Morgan fingerprint density at radius 1 is 1.39 bits per heavy atom. The van der Waals surface area contributed by atoms with Crippen LogP contribution in [0.2, 0.25) is 0 Å². The molecule has 3 N–H and O–H groups in total. The Bertz CT molecular complexity index is 407. The second kappa shape index (κ2) is 5.77. The number of carbonyl (C=O) groups is 1. The van der Waals surface area contributed by atoms with Crippen LogP contribution in [0.5, 0.6) is 0 Å². The van der Waals surface area contributed by atoms with Gasteiger partial charge in [-0.1, -0.05) is 12.8 Å². The van der Waals surface area contributed by atoms with E-state index in [4.69, 9.17) is 5.73 Å². The molecule has 0 aliphatic heterocycles. The van der Waals surface area contributed by atoms with E-state index in [1.807, 2.05) is 0 Å². The van der Waals surface area contributed by atoms with Gasteiger partial charge in [0.2, 0.25) is 0 Å². The van der Waals surface area contributed by atoms with Gasteiger partial charge in [-0.05, 0) is 12.8 Å². The molecule has 1 saturated carbocycles. The highest BCUT2D eigenvalue weighted by Crippen LogP contribution is 2.19. The fraction of sp³-hybridized carbons (Fsp3) is 0.583. The van der Waals surface area contributed by atoms with E-state index in [1.165, 1.54) is 32.3 Å². The fourth-order valence-electron chi connectivity index (χ4n) is 2.14. The first-order valence-electron chi connectivity index (χ1n) is 6.13. The Morgan fingerprint density at radius 2 is 2.17 bits per heavy atom. The molecule has 18 heavy (non-hydrogen) atoms. The number of esters is 1. The molecular formula is C12H18N4O2. The van der Waals surface area contributed by atoms with Crippen LogP contribution in [0.15, 0.2) is 12.4 Å². The third-order valence-electron chi connectivity index (χ3n) is 3.20. The van der Waals surface area contributed by atoms with Crippen molar-refractivity contribution in [2.75, 3.05) is 12.4 Å². The summed E-state index contributed by atoms with van der Waals surface area (Å²) in [4.78, 5) is 19.3. The summed E-state index contributed by atoms with van der Waals surface area (Å²) in [6, 6.07) is 0.387. The lowest BCUT2D eigenvalue weighted by Crippen LogP contribution is -2.42. The van der Waals surface area contributed by atoms with Crippen molar-refractivity contribution in [3.8, 4) is 0 Å². The maximum Gasteiger partial charge on any atom is 0.358 e. The monoisotopic (exact) mass is 250 g/mol. The minimum atomic E-state index is -0.483. The lowest BCUT2D eigenvalue weighted by atomic mass is 9.91. The number of nitrogens with one attached hydrogen (secondary N) is 1. The number of hydrogen-bond donors (Lipinski definition) is 2. The van der Waals surface area contributed by atoms with Gasteiger partial charge >= 0.3 is 5.97 Å².